The zero-order valence-corrected chi connectivity index (χ0v) is 9.24. The smallest absolute Gasteiger partial charge is 0.347 e. The van der Waals surface area contributed by atoms with Gasteiger partial charge in [0.05, 0.1) is 0 Å². The monoisotopic (exact) mass is 236 g/mol. The molecule has 0 N–H and O–H groups in total. The van der Waals surface area contributed by atoms with E-state index in [1.807, 2.05) is 6.92 Å². The van der Waals surface area contributed by atoms with E-state index in [0.29, 0.717) is 11.7 Å². The Morgan fingerprint density at radius 2 is 2.20 bits per heavy atom. The molecule has 1 aromatic heterocycles. The van der Waals surface area contributed by atoms with Gasteiger partial charge >= 0.3 is 6.18 Å². The van der Waals surface area contributed by atoms with Crippen LogP contribution in [-0.4, -0.2) is 18.6 Å². The molecule has 0 unspecified atom stereocenters. The first-order chi connectivity index (χ1) is 6.80. The van der Waals surface area contributed by atoms with Crippen LogP contribution in [0.4, 0.5) is 18.3 Å². The topological polar surface area (TPSA) is 16.1 Å². The number of thiazole rings is 1. The van der Waals surface area contributed by atoms with Crippen molar-refractivity contribution >= 4 is 16.5 Å². The number of alkyl halides is 3. The highest BCUT2D eigenvalue weighted by Gasteiger charge is 2.34. The zero-order chi connectivity index (χ0) is 11.6. The maximum atomic E-state index is 12.2. The normalized spacial score (nSPS) is 11.5. The standard InChI is InChI=1S/C9H11F3N2S/c1-6(2)4-14(3)8-13-7(5-15-8)9(10,11)12/h5H,1,4H2,2-3H3. The molecule has 15 heavy (non-hydrogen) atoms. The predicted molar refractivity (Wildman–Crippen MR) is 55.2 cm³/mol. The average Bonchev–Trinajstić information content (AvgIpc) is 2.48. The Morgan fingerprint density at radius 3 is 2.60 bits per heavy atom. The third kappa shape index (κ3) is 3.23. The summed E-state index contributed by atoms with van der Waals surface area (Å²) in [6.45, 7) is 6.01. The van der Waals surface area contributed by atoms with E-state index in [2.05, 4.69) is 11.6 Å². The number of hydrogen-bond acceptors (Lipinski definition) is 3. The maximum absolute atomic E-state index is 12.2. The number of halogens is 3. The fraction of sp³-hybridized carbons (Fsp3) is 0.444. The largest absolute Gasteiger partial charge is 0.434 e. The second-order valence-electron chi connectivity index (χ2n) is 3.33. The minimum Gasteiger partial charge on any atom is -0.347 e. The van der Waals surface area contributed by atoms with Crippen molar-refractivity contribution in [1.29, 1.82) is 0 Å². The van der Waals surface area contributed by atoms with Crippen LogP contribution in [0.25, 0.3) is 0 Å². The van der Waals surface area contributed by atoms with Crippen LogP contribution in [0.3, 0.4) is 0 Å². The molecule has 84 valence electrons. The van der Waals surface area contributed by atoms with Gasteiger partial charge in [-0.3, -0.25) is 0 Å². The van der Waals surface area contributed by atoms with Crippen molar-refractivity contribution in [2.75, 3.05) is 18.5 Å². The van der Waals surface area contributed by atoms with Crippen molar-refractivity contribution in [3.8, 4) is 0 Å². The molecule has 0 fully saturated rings. The lowest BCUT2D eigenvalue weighted by Crippen LogP contribution is -2.19. The van der Waals surface area contributed by atoms with E-state index in [1.54, 1.807) is 11.9 Å². The Hall–Kier alpha value is -1.04. The fourth-order valence-electron chi connectivity index (χ4n) is 1.04. The first-order valence-electron chi connectivity index (χ1n) is 4.19. The second kappa shape index (κ2) is 4.22. The van der Waals surface area contributed by atoms with E-state index in [9.17, 15) is 13.2 Å². The molecule has 0 aliphatic heterocycles. The van der Waals surface area contributed by atoms with Crippen LogP contribution in [0, 0.1) is 0 Å². The van der Waals surface area contributed by atoms with E-state index in [4.69, 9.17) is 0 Å². The van der Waals surface area contributed by atoms with Gasteiger partial charge in [0.2, 0.25) is 0 Å². The van der Waals surface area contributed by atoms with Crippen LogP contribution in [0.1, 0.15) is 12.6 Å². The number of likely N-dealkylation sites (N-methyl/N-ethyl adjacent to an activating group) is 1. The third-order valence-corrected chi connectivity index (χ3v) is 2.57. The summed E-state index contributed by atoms with van der Waals surface area (Å²) < 4.78 is 36.7. The zero-order valence-electron chi connectivity index (χ0n) is 8.43. The Balaban J connectivity index is 2.80. The Labute approximate surface area is 90.0 Å². The van der Waals surface area contributed by atoms with Crippen LogP contribution < -0.4 is 4.90 Å². The lowest BCUT2D eigenvalue weighted by Gasteiger charge is -2.15. The van der Waals surface area contributed by atoms with E-state index in [-0.39, 0.29) is 0 Å². The first kappa shape index (κ1) is 12.0. The molecule has 0 aliphatic rings. The third-order valence-electron chi connectivity index (χ3n) is 1.62. The van der Waals surface area contributed by atoms with Crippen molar-refractivity contribution in [3.05, 3.63) is 23.2 Å². The van der Waals surface area contributed by atoms with Crippen molar-refractivity contribution < 1.29 is 13.2 Å². The Bertz CT molecular complexity index is 356. The quantitative estimate of drug-likeness (QED) is 0.749. The molecule has 0 bridgehead atoms. The van der Waals surface area contributed by atoms with Gasteiger partial charge < -0.3 is 4.90 Å². The first-order valence-corrected chi connectivity index (χ1v) is 5.07. The van der Waals surface area contributed by atoms with Gasteiger partial charge in [0.15, 0.2) is 10.8 Å². The van der Waals surface area contributed by atoms with Crippen LogP contribution >= 0.6 is 11.3 Å². The highest BCUT2D eigenvalue weighted by Crippen LogP contribution is 2.32. The Morgan fingerprint density at radius 1 is 1.60 bits per heavy atom. The van der Waals surface area contributed by atoms with Crippen molar-refractivity contribution in [1.82, 2.24) is 4.98 Å². The molecule has 1 aromatic rings. The summed E-state index contributed by atoms with van der Waals surface area (Å²) in [5.74, 6) is 0. The van der Waals surface area contributed by atoms with Gasteiger partial charge in [-0.1, -0.05) is 12.2 Å². The van der Waals surface area contributed by atoms with Gasteiger partial charge in [-0.15, -0.1) is 11.3 Å². The predicted octanol–water partition coefficient (Wildman–Crippen LogP) is 3.17. The Kier molecular flexibility index (Phi) is 3.38. The summed E-state index contributed by atoms with van der Waals surface area (Å²) in [5, 5.41) is 1.37. The van der Waals surface area contributed by atoms with Gasteiger partial charge in [0.1, 0.15) is 0 Å². The van der Waals surface area contributed by atoms with E-state index in [1.165, 1.54) is 0 Å². The molecule has 1 rings (SSSR count). The number of rotatable bonds is 3. The lowest BCUT2D eigenvalue weighted by atomic mass is 10.3. The molecule has 1 heterocycles. The van der Waals surface area contributed by atoms with Gasteiger partial charge in [0.25, 0.3) is 0 Å². The van der Waals surface area contributed by atoms with Crippen LogP contribution in [0.2, 0.25) is 0 Å². The van der Waals surface area contributed by atoms with Crippen LogP contribution in [-0.2, 0) is 6.18 Å². The van der Waals surface area contributed by atoms with E-state index >= 15 is 0 Å². The molecule has 0 amide bonds. The van der Waals surface area contributed by atoms with Gasteiger partial charge in [-0.25, -0.2) is 4.98 Å². The van der Waals surface area contributed by atoms with Gasteiger partial charge in [0, 0.05) is 19.0 Å². The molecule has 6 heteroatoms. The van der Waals surface area contributed by atoms with Crippen molar-refractivity contribution in [2.45, 2.75) is 13.1 Å². The SMILES string of the molecule is C=C(C)CN(C)c1nc(C(F)(F)F)cs1. The second-order valence-corrected chi connectivity index (χ2v) is 4.16. The van der Waals surface area contributed by atoms with Crippen LogP contribution in [0.5, 0.6) is 0 Å². The number of aromatic nitrogens is 1. The van der Waals surface area contributed by atoms with E-state index < -0.39 is 11.9 Å². The highest BCUT2D eigenvalue weighted by atomic mass is 32.1. The molecule has 0 atom stereocenters. The summed E-state index contributed by atoms with van der Waals surface area (Å²) in [6.07, 6.45) is -4.36. The number of nitrogens with zero attached hydrogens (tertiary/aromatic N) is 2. The molecule has 0 spiro atoms. The van der Waals surface area contributed by atoms with Crippen LogP contribution in [0.15, 0.2) is 17.5 Å². The molecular weight excluding hydrogens is 225 g/mol. The lowest BCUT2D eigenvalue weighted by molar-refractivity contribution is -0.140. The summed E-state index contributed by atoms with van der Waals surface area (Å²) in [6, 6.07) is 0. The molecule has 0 saturated carbocycles. The number of anilines is 1. The van der Waals surface area contributed by atoms with Crippen molar-refractivity contribution in [3.63, 3.8) is 0 Å². The maximum Gasteiger partial charge on any atom is 0.434 e. The fourth-order valence-corrected chi connectivity index (χ4v) is 1.84. The molecule has 0 saturated heterocycles. The summed E-state index contributed by atoms with van der Waals surface area (Å²) in [5.41, 5.74) is 0.0392. The molecule has 0 aliphatic carbocycles. The molecule has 0 aromatic carbocycles. The van der Waals surface area contributed by atoms with Gasteiger partial charge in [-0.05, 0) is 6.92 Å². The molecule has 2 nitrogen and oxygen atoms in total. The summed E-state index contributed by atoms with van der Waals surface area (Å²) in [4.78, 5) is 5.15. The van der Waals surface area contributed by atoms with Gasteiger partial charge in [-0.2, -0.15) is 13.2 Å². The van der Waals surface area contributed by atoms with E-state index in [0.717, 1.165) is 22.3 Å². The molecule has 0 radical (unpaired) electrons. The van der Waals surface area contributed by atoms with Crippen molar-refractivity contribution in [2.24, 2.45) is 0 Å². The average molecular weight is 236 g/mol. The summed E-state index contributed by atoms with van der Waals surface area (Å²) >= 11 is 0.980. The number of hydrogen-bond donors (Lipinski definition) is 0. The highest BCUT2D eigenvalue weighted by molar-refractivity contribution is 7.13. The minimum atomic E-state index is -4.36. The molecular formula is C9H11F3N2S. The minimum absolute atomic E-state index is 0.352. The summed E-state index contributed by atoms with van der Waals surface area (Å²) in [7, 11) is 1.69.